The van der Waals surface area contributed by atoms with Crippen LogP contribution in [0.3, 0.4) is 0 Å². The summed E-state index contributed by atoms with van der Waals surface area (Å²) in [6, 6.07) is 7.79. The van der Waals surface area contributed by atoms with Gasteiger partial charge in [-0.25, -0.2) is 4.79 Å². The van der Waals surface area contributed by atoms with E-state index in [1.54, 1.807) is 9.13 Å². The van der Waals surface area contributed by atoms with Gasteiger partial charge in [0, 0.05) is 39.1 Å². The van der Waals surface area contributed by atoms with Crippen molar-refractivity contribution in [2.24, 2.45) is 0 Å². The molecule has 1 saturated heterocycles. The molecule has 1 amide bonds. The summed E-state index contributed by atoms with van der Waals surface area (Å²) in [5.41, 5.74) is 1.81. The van der Waals surface area contributed by atoms with Crippen LogP contribution in [-0.2, 0) is 22.6 Å². The Hall–Kier alpha value is -2.12. The Labute approximate surface area is 159 Å². The van der Waals surface area contributed by atoms with Gasteiger partial charge in [-0.15, -0.1) is 0 Å². The van der Waals surface area contributed by atoms with E-state index in [1.165, 1.54) is 0 Å². The molecule has 1 aromatic carbocycles. The highest BCUT2D eigenvalue weighted by atomic mass is 16.5. The maximum Gasteiger partial charge on any atom is 0.329 e. The molecule has 1 aromatic heterocycles. The quantitative estimate of drug-likeness (QED) is 0.675. The maximum absolute atomic E-state index is 12.7. The van der Waals surface area contributed by atoms with Crippen LogP contribution in [0.4, 0.5) is 0 Å². The summed E-state index contributed by atoms with van der Waals surface area (Å²) < 4.78 is 8.86. The summed E-state index contributed by atoms with van der Waals surface area (Å²) in [5, 5.41) is 2.97. The fraction of sp³-hybridized carbons (Fsp3) is 0.600. The zero-order valence-electron chi connectivity index (χ0n) is 16.2. The summed E-state index contributed by atoms with van der Waals surface area (Å²) in [6.45, 7) is 8.35. The first-order chi connectivity index (χ1) is 13.2. The first-order valence-corrected chi connectivity index (χ1v) is 9.95. The Balaban J connectivity index is 1.50. The number of aromatic nitrogens is 2. The fourth-order valence-electron chi connectivity index (χ4n) is 3.59. The zero-order chi connectivity index (χ0) is 19.1. The molecule has 0 bridgehead atoms. The minimum absolute atomic E-state index is 0.00352. The molecule has 3 rings (SSSR count). The second kappa shape index (κ2) is 9.71. The number of amides is 1. The Kier molecular flexibility index (Phi) is 7.06. The lowest BCUT2D eigenvalue weighted by atomic mass is 10.3. The Morgan fingerprint density at radius 1 is 1.07 bits per heavy atom. The lowest BCUT2D eigenvalue weighted by Crippen LogP contribution is -2.38. The molecule has 0 unspecified atom stereocenters. The van der Waals surface area contributed by atoms with Crippen molar-refractivity contribution in [3.63, 3.8) is 0 Å². The van der Waals surface area contributed by atoms with Crippen molar-refractivity contribution in [2.75, 3.05) is 39.4 Å². The molecule has 0 radical (unpaired) electrons. The standard InChI is InChI=1S/C20H30N4O3/c1-2-10-23-17-6-3-4-7-18(17)24(20(23)26)12-8-19(25)21-9-5-11-22-13-15-27-16-14-22/h3-4,6-7H,2,5,8-16H2,1H3,(H,21,25). The number of para-hydroxylation sites is 2. The molecule has 0 aliphatic carbocycles. The van der Waals surface area contributed by atoms with E-state index in [-0.39, 0.29) is 11.6 Å². The Morgan fingerprint density at radius 3 is 2.41 bits per heavy atom. The third-order valence-corrected chi connectivity index (χ3v) is 5.01. The van der Waals surface area contributed by atoms with Crippen LogP contribution < -0.4 is 11.0 Å². The van der Waals surface area contributed by atoms with Gasteiger partial charge in [-0.05, 0) is 31.5 Å². The minimum atomic E-state index is -0.0295. The molecule has 0 saturated carbocycles. The number of carbonyl (C=O) groups is 1. The van der Waals surface area contributed by atoms with Gasteiger partial charge in [-0.1, -0.05) is 19.1 Å². The number of fused-ring (bicyclic) bond motifs is 1. The van der Waals surface area contributed by atoms with Crippen LogP contribution in [0.1, 0.15) is 26.2 Å². The highest BCUT2D eigenvalue weighted by Crippen LogP contribution is 2.13. The molecular weight excluding hydrogens is 344 g/mol. The predicted octanol–water partition coefficient (Wildman–Crippen LogP) is 1.44. The van der Waals surface area contributed by atoms with Gasteiger partial charge in [-0.2, -0.15) is 0 Å². The second-order valence-electron chi connectivity index (χ2n) is 6.98. The van der Waals surface area contributed by atoms with Gasteiger partial charge >= 0.3 is 5.69 Å². The SMILES string of the molecule is CCCn1c(=O)n(CCC(=O)NCCCN2CCOCC2)c2ccccc21. The van der Waals surface area contributed by atoms with E-state index < -0.39 is 0 Å². The molecule has 2 aromatic rings. The average molecular weight is 374 g/mol. The van der Waals surface area contributed by atoms with E-state index in [9.17, 15) is 9.59 Å². The number of hydrogen-bond donors (Lipinski definition) is 1. The van der Waals surface area contributed by atoms with E-state index >= 15 is 0 Å². The predicted molar refractivity (Wildman–Crippen MR) is 106 cm³/mol. The number of nitrogens with one attached hydrogen (secondary N) is 1. The highest BCUT2D eigenvalue weighted by Gasteiger charge is 2.13. The van der Waals surface area contributed by atoms with E-state index in [0.717, 1.165) is 56.7 Å². The number of aryl methyl sites for hydroxylation is 2. The maximum atomic E-state index is 12.7. The number of ether oxygens (including phenoxy) is 1. The van der Waals surface area contributed by atoms with Crippen molar-refractivity contribution in [2.45, 2.75) is 39.3 Å². The molecule has 1 aliphatic heterocycles. The van der Waals surface area contributed by atoms with Gasteiger partial charge in [0.05, 0.1) is 24.2 Å². The summed E-state index contributed by atoms with van der Waals surface area (Å²) in [5.74, 6) is -0.00352. The topological polar surface area (TPSA) is 68.5 Å². The van der Waals surface area contributed by atoms with Crippen molar-refractivity contribution in [1.29, 1.82) is 0 Å². The molecule has 1 N–H and O–H groups in total. The lowest BCUT2D eigenvalue weighted by molar-refractivity contribution is -0.121. The van der Waals surface area contributed by atoms with Crippen LogP contribution in [0.5, 0.6) is 0 Å². The van der Waals surface area contributed by atoms with Gasteiger partial charge < -0.3 is 10.1 Å². The fourth-order valence-corrected chi connectivity index (χ4v) is 3.59. The lowest BCUT2D eigenvalue weighted by Gasteiger charge is -2.26. The summed E-state index contributed by atoms with van der Waals surface area (Å²) in [4.78, 5) is 27.2. The van der Waals surface area contributed by atoms with E-state index in [2.05, 4.69) is 17.1 Å². The smallest absolute Gasteiger partial charge is 0.329 e. The van der Waals surface area contributed by atoms with Crippen LogP contribution >= 0.6 is 0 Å². The first kappa shape index (κ1) is 19.6. The third kappa shape index (κ3) is 4.99. The number of carbonyl (C=O) groups excluding carboxylic acids is 1. The molecule has 1 fully saturated rings. The van der Waals surface area contributed by atoms with Gasteiger partial charge in [-0.3, -0.25) is 18.8 Å². The monoisotopic (exact) mass is 374 g/mol. The molecule has 27 heavy (non-hydrogen) atoms. The number of rotatable bonds is 9. The van der Waals surface area contributed by atoms with Crippen LogP contribution in [0.15, 0.2) is 29.1 Å². The number of nitrogens with zero attached hydrogens (tertiary/aromatic N) is 3. The third-order valence-electron chi connectivity index (χ3n) is 5.01. The van der Waals surface area contributed by atoms with Crippen molar-refractivity contribution < 1.29 is 9.53 Å². The second-order valence-corrected chi connectivity index (χ2v) is 6.98. The number of hydrogen-bond acceptors (Lipinski definition) is 4. The van der Waals surface area contributed by atoms with Crippen molar-refractivity contribution in [3.8, 4) is 0 Å². The van der Waals surface area contributed by atoms with Gasteiger partial charge in [0.1, 0.15) is 0 Å². The summed E-state index contributed by atoms with van der Waals surface area (Å²) >= 11 is 0. The zero-order valence-corrected chi connectivity index (χ0v) is 16.2. The number of imidazole rings is 1. The van der Waals surface area contributed by atoms with Crippen molar-refractivity contribution in [3.05, 3.63) is 34.7 Å². The van der Waals surface area contributed by atoms with Crippen LogP contribution in [0.2, 0.25) is 0 Å². The molecule has 7 nitrogen and oxygen atoms in total. The molecule has 0 spiro atoms. The largest absolute Gasteiger partial charge is 0.379 e. The van der Waals surface area contributed by atoms with E-state index in [4.69, 9.17) is 4.74 Å². The van der Waals surface area contributed by atoms with Crippen molar-refractivity contribution >= 4 is 16.9 Å². The molecular formula is C20H30N4O3. The van der Waals surface area contributed by atoms with Crippen LogP contribution in [0.25, 0.3) is 11.0 Å². The van der Waals surface area contributed by atoms with Gasteiger partial charge in [0.25, 0.3) is 0 Å². The summed E-state index contributed by atoms with van der Waals surface area (Å²) in [7, 11) is 0. The van der Waals surface area contributed by atoms with E-state index in [0.29, 0.717) is 26.1 Å². The summed E-state index contributed by atoms with van der Waals surface area (Å²) in [6.07, 6.45) is 2.15. The number of benzene rings is 1. The van der Waals surface area contributed by atoms with Crippen molar-refractivity contribution in [1.82, 2.24) is 19.4 Å². The molecule has 0 atom stereocenters. The average Bonchev–Trinajstić information content (AvgIpc) is 2.96. The normalized spacial score (nSPS) is 15.3. The Bertz CT molecular complexity index is 805. The molecule has 148 valence electrons. The first-order valence-electron chi connectivity index (χ1n) is 9.95. The minimum Gasteiger partial charge on any atom is -0.379 e. The van der Waals surface area contributed by atoms with Gasteiger partial charge in [0.2, 0.25) is 5.91 Å². The van der Waals surface area contributed by atoms with Gasteiger partial charge in [0.15, 0.2) is 0 Å². The molecule has 7 heteroatoms. The van der Waals surface area contributed by atoms with Crippen LogP contribution in [-0.4, -0.2) is 59.3 Å². The molecule has 1 aliphatic rings. The highest BCUT2D eigenvalue weighted by molar-refractivity contribution is 5.77. The molecule has 2 heterocycles. The number of morpholine rings is 1. The Morgan fingerprint density at radius 2 is 1.74 bits per heavy atom. The van der Waals surface area contributed by atoms with Crippen LogP contribution in [0, 0.1) is 0 Å². The van der Waals surface area contributed by atoms with E-state index in [1.807, 2.05) is 24.3 Å².